The van der Waals surface area contributed by atoms with Crippen molar-refractivity contribution in [1.29, 1.82) is 0 Å². The standard InChI is InChI=1S/C14H14N4O6S/c19-13(16-9-3-4-25(23,24)7-9)6-17-8-15-12-5-10(18(21)22)1-2-11(12)14(17)20/h1-2,5,8-9H,3-4,6-7H2,(H,16,19)/t9-/m0/s1. The number of carbonyl (C=O) groups excluding carboxylic acids is 1. The molecule has 132 valence electrons. The van der Waals surface area contributed by atoms with Crippen LogP contribution < -0.4 is 10.9 Å². The molecule has 1 N–H and O–H groups in total. The molecule has 0 spiro atoms. The van der Waals surface area contributed by atoms with Crippen molar-refractivity contribution in [3.8, 4) is 0 Å². The summed E-state index contributed by atoms with van der Waals surface area (Å²) in [5.41, 5.74) is -0.524. The van der Waals surface area contributed by atoms with E-state index in [-0.39, 0.29) is 34.6 Å². The number of aromatic nitrogens is 2. The molecule has 25 heavy (non-hydrogen) atoms. The van der Waals surface area contributed by atoms with Crippen LogP contribution >= 0.6 is 0 Å². The third-order valence-electron chi connectivity index (χ3n) is 3.93. The average molecular weight is 366 g/mol. The first-order valence-electron chi connectivity index (χ1n) is 7.38. The van der Waals surface area contributed by atoms with Crippen LogP contribution in [-0.4, -0.2) is 46.3 Å². The topological polar surface area (TPSA) is 141 Å². The maximum Gasteiger partial charge on any atom is 0.271 e. The highest BCUT2D eigenvalue weighted by molar-refractivity contribution is 7.91. The van der Waals surface area contributed by atoms with Gasteiger partial charge in [-0.05, 0) is 12.5 Å². The normalized spacial score (nSPS) is 19.0. The molecule has 0 bridgehead atoms. The third-order valence-corrected chi connectivity index (χ3v) is 5.70. The maximum atomic E-state index is 12.4. The number of nitro groups is 1. The molecule has 2 heterocycles. The summed E-state index contributed by atoms with van der Waals surface area (Å²) in [4.78, 5) is 38.5. The van der Waals surface area contributed by atoms with Crippen molar-refractivity contribution in [3.05, 3.63) is 45.0 Å². The number of rotatable bonds is 4. The minimum Gasteiger partial charge on any atom is -0.351 e. The molecule has 2 aromatic rings. The summed E-state index contributed by atoms with van der Waals surface area (Å²) in [6.45, 7) is -0.310. The monoisotopic (exact) mass is 366 g/mol. The van der Waals surface area contributed by atoms with Crippen LogP contribution in [-0.2, 0) is 21.2 Å². The molecule has 1 aromatic heterocycles. The number of nitrogens with one attached hydrogen (secondary N) is 1. The van der Waals surface area contributed by atoms with E-state index >= 15 is 0 Å². The van der Waals surface area contributed by atoms with Crippen molar-refractivity contribution < 1.29 is 18.1 Å². The van der Waals surface area contributed by atoms with E-state index < -0.39 is 32.3 Å². The van der Waals surface area contributed by atoms with Gasteiger partial charge in [-0.3, -0.25) is 24.3 Å². The van der Waals surface area contributed by atoms with E-state index in [0.717, 1.165) is 10.9 Å². The predicted octanol–water partition coefficient (Wildman–Crippen LogP) is -0.392. The van der Waals surface area contributed by atoms with E-state index in [1.807, 2.05) is 0 Å². The Labute approximate surface area is 141 Å². The van der Waals surface area contributed by atoms with Crippen molar-refractivity contribution in [3.63, 3.8) is 0 Å². The van der Waals surface area contributed by atoms with Gasteiger partial charge in [-0.2, -0.15) is 0 Å². The van der Waals surface area contributed by atoms with Gasteiger partial charge in [-0.25, -0.2) is 13.4 Å². The van der Waals surface area contributed by atoms with Crippen LogP contribution in [0.3, 0.4) is 0 Å². The van der Waals surface area contributed by atoms with Crippen molar-refractivity contribution in [2.45, 2.75) is 19.0 Å². The molecule has 0 aliphatic carbocycles. The SMILES string of the molecule is O=C(Cn1cnc2cc([N+](=O)[O-])ccc2c1=O)N[C@H]1CCS(=O)(=O)C1. The molecule has 10 nitrogen and oxygen atoms in total. The van der Waals surface area contributed by atoms with Gasteiger partial charge in [0.15, 0.2) is 9.84 Å². The van der Waals surface area contributed by atoms with Crippen molar-refractivity contribution in [1.82, 2.24) is 14.9 Å². The Kier molecular flexibility index (Phi) is 4.25. The number of hydrogen-bond acceptors (Lipinski definition) is 7. The number of sulfone groups is 1. The molecule has 0 saturated carbocycles. The number of amides is 1. The number of non-ortho nitro benzene ring substituents is 1. The van der Waals surface area contributed by atoms with Gasteiger partial charge in [-0.15, -0.1) is 0 Å². The second-order valence-corrected chi connectivity index (χ2v) is 8.03. The van der Waals surface area contributed by atoms with Crippen LogP contribution in [0.5, 0.6) is 0 Å². The number of fused-ring (bicyclic) bond motifs is 1. The molecule has 1 aliphatic heterocycles. The van der Waals surface area contributed by atoms with Crippen molar-refractivity contribution >= 4 is 32.3 Å². The average Bonchev–Trinajstić information content (AvgIpc) is 2.88. The molecule has 3 rings (SSSR count). The highest BCUT2D eigenvalue weighted by Gasteiger charge is 2.28. The Hall–Kier alpha value is -2.82. The number of nitrogens with zero attached hydrogens (tertiary/aromatic N) is 3. The van der Waals surface area contributed by atoms with Gasteiger partial charge in [0.2, 0.25) is 5.91 Å². The first-order chi connectivity index (χ1) is 11.7. The van der Waals surface area contributed by atoms with E-state index in [0.29, 0.717) is 6.42 Å². The highest BCUT2D eigenvalue weighted by Crippen LogP contribution is 2.16. The summed E-state index contributed by atoms with van der Waals surface area (Å²) in [6, 6.07) is 3.22. The molecule has 1 amide bonds. The smallest absolute Gasteiger partial charge is 0.271 e. The molecule has 1 aliphatic rings. The van der Waals surface area contributed by atoms with Gasteiger partial charge in [-0.1, -0.05) is 0 Å². The summed E-state index contributed by atoms with van der Waals surface area (Å²) in [6.07, 6.45) is 1.49. The number of hydrogen-bond donors (Lipinski definition) is 1. The summed E-state index contributed by atoms with van der Waals surface area (Å²) in [5, 5.41) is 13.5. The minimum absolute atomic E-state index is 0.0359. The Balaban J connectivity index is 1.79. The van der Waals surface area contributed by atoms with E-state index in [9.17, 15) is 28.1 Å². The number of carbonyl (C=O) groups is 1. The third kappa shape index (κ3) is 3.65. The second kappa shape index (κ2) is 6.24. The molecule has 0 radical (unpaired) electrons. The van der Waals surface area contributed by atoms with Gasteiger partial charge in [0.05, 0.1) is 33.7 Å². The van der Waals surface area contributed by atoms with Crippen molar-refractivity contribution in [2.24, 2.45) is 0 Å². The van der Waals surface area contributed by atoms with E-state index in [2.05, 4.69) is 10.3 Å². The zero-order valence-corrected chi connectivity index (χ0v) is 13.7. The van der Waals surface area contributed by atoms with Crippen LogP contribution in [0, 0.1) is 10.1 Å². The van der Waals surface area contributed by atoms with Crippen LogP contribution in [0.15, 0.2) is 29.3 Å². The maximum absolute atomic E-state index is 12.4. The van der Waals surface area contributed by atoms with Crippen molar-refractivity contribution in [2.75, 3.05) is 11.5 Å². The summed E-state index contributed by atoms with van der Waals surface area (Å²) in [5.74, 6) is -0.561. The zero-order valence-electron chi connectivity index (χ0n) is 12.9. The van der Waals surface area contributed by atoms with Crippen LogP contribution in [0.4, 0.5) is 5.69 Å². The lowest BCUT2D eigenvalue weighted by Gasteiger charge is -2.12. The van der Waals surface area contributed by atoms with Gasteiger partial charge in [0.1, 0.15) is 6.54 Å². The Bertz CT molecular complexity index is 1030. The number of nitro benzene ring substituents is 1. The Morgan fingerprint density at radius 2 is 2.20 bits per heavy atom. The molecule has 1 saturated heterocycles. The van der Waals surface area contributed by atoms with Gasteiger partial charge < -0.3 is 5.32 Å². The molecule has 1 fully saturated rings. The predicted molar refractivity (Wildman–Crippen MR) is 87.9 cm³/mol. The molecular formula is C14H14N4O6S. The van der Waals surface area contributed by atoms with Crippen LogP contribution in [0.2, 0.25) is 0 Å². The quantitative estimate of drug-likeness (QED) is 0.573. The van der Waals surface area contributed by atoms with E-state index in [1.165, 1.54) is 18.2 Å². The fourth-order valence-corrected chi connectivity index (χ4v) is 4.38. The first kappa shape index (κ1) is 17.0. The van der Waals surface area contributed by atoms with Gasteiger partial charge >= 0.3 is 0 Å². The Morgan fingerprint density at radius 3 is 2.84 bits per heavy atom. The summed E-state index contributed by atoms with van der Waals surface area (Å²) >= 11 is 0. The molecular weight excluding hydrogens is 352 g/mol. The summed E-state index contributed by atoms with van der Waals surface area (Å²) in [7, 11) is -3.11. The second-order valence-electron chi connectivity index (χ2n) is 5.80. The molecule has 0 unspecified atom stereocenters. The lowest BCUT2D eigenvalue weighted by Crippen LogP contribution is -2.39. The summed E-state index contributed by atoms with van der Waals surface area (Å²) < 4.78 is 23.9. The first-order valence-corrected chi connectivity index (χ1v) is 9.21. The fourth-order valence-electron chi connectivity index (χ4n) is 2.71. The van der Waals surface area contributed by atoms with Crippen LogP contribution in [0.25, 0.3) is 10.9 Å². The van der Waals surface area contributed by atoms with E-state index in [4.69, 9.17) is 0 Å². The van der Waals surface area contributed by atoms with Crippen LogP contribution in [0.1, 0.15) is 6.42 Å². The van der Waals surface area contributed by atoms with Gasteiger partial charge in [0, 0.05) is 18.2 Å². The lowest BCUT2D eigenvalue weighted by atomic mass is 10.2. The zero-order chi connectivity index (χ0) is 18.2. The molecule has 1 atom stereocenters. The highest BCUT2D eigenvalue weighted by atomic mass is 32.2. The van der Waals surface area contributed by atoms with E-state index in [1.54, 1.807) is 0 Å². The number of benzene rings is 1. The van der Waals surface area contributed by atoms with Gasteiger partial charge in [0.25, 0.3) is 11.2 Å². The molecule has 11 heteroatoms. The fraction of sp³-hybridized carbons (Fsp3) is 0.357. The minimum atomic E-state index is -3.11. The Morgan fingerprint density at radius 1 is 1.44 bits per heavy atom. The molecule has 1 aromatic carbocycles. The largest absolute Gasteiger partial charge is 0.351 e. The lowest BCUT2D eigenvalue weighted by molar-refractivity contribution is -0.384.